The van der Waals surface area contributed by atoms with E-state index in [4.69, 9.17) is 5.26 Å². The number of nitrogens with zero attached hydrogens (tertiary/aromatic N) is 1. The Bertz CT molecular complexity index is 151. The summed E-state index contributed by atoms with van der Waals surface area (Å²) in [7, 11) is 0. The van der Waals surface area contributed by atoms with Crippen molar-refractivity contribution in [3.8, 4) is 6.07 Å². The van der Waals surface area contributed by atoms with Gasteiger partial charge in [0.25, 0.3) is 0 Å². The molecule has 0 aliphatic carbocycles. The van der Waals surface area contributed by atoms with E-state index in [9.17, 15) is 5.11 Å². The van der Waals surface area contributed by atoms with Crippen LogP contribution in [0, 0.1) is 17.2 Å². The van der Waals surface area contributed by atoms with Gasteiger partial charge >= 0.3 is 0 Å². The monoisotopic (exact) mass is 170 g/mol. The summed E-state index contributed by atoms with van der Waals surface area (Å²) in [4.78, 5) is 0. The van der Waals surface area contributed by atoms with Crippen molar-refractivity contribution in [2.24, 2.45) is 5.92 Å². The van der Waals surface area contributed by atoms with Crippen molar-refractivity contribution in [3.05, 3.63) is 0 Å². The van der Waals surface area contributed by atoms with E-state index in [1.165, 1.54) is 0 Å². The zero-order valence-electron chi connectivity index (χ0n) is 8.04. The standard InChI is InChI=1S/C9H18N2O/c1-7(2)9(12)6-11-8(3)4-5-10/h7-9,11-12H,4,6H2,1-3H3. The van der Waals surface area contributed by atoms with Crippen molar-refractivity contribution in [1.29, 1.82) is 5.26 Å². The highest BCUT2D eigenvalue weighted by Crippen LogP contribution is 1.99. The molecule has 0 rings (SSSR count). The van der Waals surface area contributed by atoms with Crippen molar-refractivity contribution < 1.29 is 5.11 Å². The average molecular weight is 170 g/mol. The molecule has 2 unspecified atom stereocenters. The zero-order valence-corrected chi connectivity index (χ0v) is 8.04. The maximum atomic E-state index is 9.40. The molecule has 0 aromatic heterocycles. The third-order valence-electron chi connectivity index (χ3n) is 1.84. The van der Waals surface area contributed by atoms with Gasteiger partial charge in [-0.1, -0.05) is 13.8 Å². The maximum absolute atomic E-state index is 9.40. The molecule has 0 radical (unpaired) electrons. The van der Waals surface area contributed by atoms with E-state index < -0.39 is 0 Å². The fourth-order valence-corrected chi connectivity index (χ4v) is 0.767. The highest BCUT2D eigenvalue weighted by Gasteiger charge is 2.09. The first-order chi connectivity index (χ1) is 5.57. The van der Waals surface area contributed by atoms with Gasteiger partial charge in [-0.25, -0.2) is 0 Å². The first-order valence-electron chi connectivity index (χ1n) is 4.36. The van der Waals surface area contributed by atoms with Crippen LogP contribution in [0.1, 0.15) is 27.2 Å². The van der Waals surface area contributed by atoms with E-state index in [1.54, 1.807) is 0 Å². The Kier molecular flexibility index (Phi) is 5.69. The van der Waals surface area contributed by atoms with Gasteiger partial charge in [-0.3, -0.25) is 0 Å². The molecule has 0 fully saturated rings. The van der Waals surface area contributed by atoms with Gasteiger partial charge in [-0.05, 0) is 12.8 Å². The summed E-state index contributed by atoms with van der Waals surface area (Å²) in [5, 5.41) is 20.8. The van der Waals surface area contributed by atoms with Crippen LogP contribution < -0.4 is 5.32 Å². The van der Waals surface area contributed by atoms with Crippen molar-refractivity contribution in [2.75, 3.05) is 6.54 Å². The molecule has 0 aromatic rings. The summed E-state index contributed by atoms with van der Waals surface area (Å²) < 4.78 is 0. The fourth-order valence-electron chi connectivity index (χ4n) is 0.767. The van der Waals surface area contributed by atoms with Gasteiger partial charge in [0.15, 0.2) is 0 Å². The van der Waals surface area contributed by atoms with Crippen LogP contribution in [0.15, 0.2) is 0 Å². The first kappa shape index (κ1) is 11.4. The number of nitrogens with one attached hydrogen (secondary N) is 1. The molecule has 0 aliphatic rings. The average Bonchev–Trinajstić information content (AvgIpc) is 2.00. The lowest BCUT2D eigenvalue weighted by Gasteiger charge is -2.17. The van der Waals surface area contributed by atoms with Gasteiger partial charge in [0, 0.05) is 12.6 Å². The van der Waals surface area contributed by atoms with Crippen molar-refractivity contribution >= 4 is 0 Å². The van der Waals surface area contributed by atoms with Gasteiger partial charge in [-0.15, -0.1) is 0 Å². The summed E-state index contributed by atoms with van der Waals surface area (Å²) >= 11 is 0. The second-order valence-electron chi connectivity index (χ2n) is 3.48. The smallest absolute Gasteiger partial charge is 0.0687 e. The molecule has 0 saturated carbocycles. The van der Waals surface area contributed by atoms with Gasteiger partial charge in [0.05, 0.1) is 18.6 Å². The zero-order chi connectivity index (χ0) is 9.56. The van der Waals surface area contributed by atoms with Crippen LogP contribution in [0.3, 0.4) is 0 Å². The SMILES string of the molecule is CC(CC#N)NCC(O)C(C)C. The highest BCUT2D eigenvalue weighted by molar-refractivity contribution is 4.78. The first-order valence-corrected chi connectivity index (χ1v) is 4.36. The minimum absolute atomic E-state index is 0.170. The predicted molar refractivity (Wildman–Crippen MR) is 48.5 cm³/mol. The van der Waals surface area contributed by atoms with Crippen LogP contribution in [0.5, 0.6) is 0 Å². The summed E-state index contributed by atoms with van der Waals surface area (Å²) in [6.45, 7) is 6.46. The van der Waals surface area contributed by atoms with E-state index in [1.807, 2.05) is 20.8 Å². The highest BCUT2D eigenvalue weighted by atomic mass is 16.3. The number of aliphatic hydroxyl groups is 1. The normalized spacial score (nSPS) is 15.7. The molecule has 0 heterocycles. The third-order valence-corrected chi connectivity index (χ3v) is 1.84. The second kappa shape index (κ2) is 5.99. The summed E-state index contributed by atoms with van der Waals surface area (Å²) in [6.07, 6.45) is 0.177. The number of aliphatic hydroxyl groups excluding tert-OH is 1. The molecule has 0 spiro atoms. The number of rotatable bonds is 5. The van der Waals surface area contributed by atoms with Gasteiger partial charge in [0.1, 0.15) is 0 Å². The molecule has 0 saturated heterocycles. The van der Waals surface area contributed by atoms with E-state index in [2.05, 4.69) is 11.4 Å². The van der Waals surface area contributed by atoms with Crippen molar-refractivity contribution in [2.45, 2.75) is 39.3 Å². The molecule has 2 atom stereocenters. The summed E-state index contributed by atoms with van der Waals surface area (Å²) in [5.74, 6) is 0.270. The molecular weight excluding hydrogens is 152 g/mol. The second-order valence-corrected chi connectivity index (χ2v) is 3.48. The van der Waals surface area contributed by atoms with Gasteiger partial charge in [0.2, 0.25) is 0 Å². The molecule has 0 amide bonds. The quantitative estimate of drug-likeness (QED) is 0.644. The topological polar surface area (TPSA) is 56.0 Å². The lowest BCUT2D eigenvalue weighted by atomic mass is 10.1. The number of nitriles is 1. The number of hydrogen-bond acceptors (Lipinski definition) is 3. The Morgan fingerprint density at radius 3 is 2.42 bits per heavy atom. The predicted octanol–water partition coefficient (Wildman–Crippen LogP) is 0.895. The van der Waals surface area contributed by atoms with Crippen molar-refractivity contribution in [1.82, 2.24) is 5.32 Å². The largest absolute Gasteiger partial charge is 0.392 e. The lowest BCUT2D eigenvalue weighted by molar-refractivity contribution is 0.121. The summed E-state index contributed by atoms with van der Waals surface area (Å²) in [5.41, 5.74) is 0. The fraction of sp³-hybridized carbons (Fsp3) is 0.889. The summed E-state index contributed by atoms with van der Waals surface area (Å²) in [6, 6.07) is 2.25. The molecule has 0 bridgehead atoms. The Balaban J connectivity index is 3.48. The van der Waals surface area contributed by atoms with E-state index in [-0.39, 0.29) is 18.1 Å². The van der Waals surface area contributed by atoms with Gasteiger partial charge < -0.3 is 10.4 Å². The molecule has 0 aromatic carbocycles. The molecular formula is C9H18N2O. The lowest BCUT2D eigenvalue weighted by Crippen LogP contribution is -2.35. The number of hydrogen-bond donors (Lipinski definition) is 2. The minimum atomic E-state index is -0.314. The minimum Gasteiger partial charge on any atom is -0.392 e. The van der Waals surface area contributed by atoms with Crippen molar-refractivity contribution in [3.63, 3.8) is 0 Å². The molecule has 3 nitrogen and oxygen atoms in total. The Morgan fingerprint density at radius 1 is 1.42 bits per heavy atom. The van der Waals surface area contributed by atoms with Crippen LogP contribution in [0.4, 0.5) is 0 Å². The third kappa shape index (κ3) is 5.11. The van der Waals surface area contributed by atoms with E-state index >= 15 is 0 Å². The Morgan fingerprint density at radius 2 is 2.00 bits per heavy atom. The molecule has 12 heavy (non-hydrogen) atoms. The van der Waals surface area contributed by atoms with E-state index in [0.717, 1.165) is 0 Å². The van der Waals surface area contributed by atoms with Crippen LogP contribution >= 0.6 is 0 Å². The van der Waals surface area contributed by atoms with Crippen LogP contribution in [0.2, 0.25) is 0 Å². The van der Waals surface area contributed by atoms with E-state index in [0.29, 0.717) is 13.0 Å². The Hall–Kier alpha value is -0.590. The molecule has 0 aliphatic heterocycles. The van der Waals surface area contributed by atoms with Crippen LogP contribution in [0.25, 0.3) is 0 Å². The maximum Gasteiger partial charge on any atom is 0.0687 e. The molecule has 70 valence electrons. The van der Waals surface area contributed by atoms with Crippen LogP contribution in [-0.2, 0) is 0 Å². The molecule has 2 N–H and O–H groups in total. The molecule has 3 heteroatoms. The Labute approximate surface area is 74.4 Å². The van der Waals surface area contributed by atoms with Crippen LogP contribution in [-0.4, -0.2) is 23.8 Å². The van der Waals surface area contributed by atoms with Gasteiger partial charge in [-0.2, -0.15) is 5.26 Å².